The molecule has 0 radical (unpaired) electrons. The predicted octanol–water partition coefficient (Wildman–Crippen LogP) is 3.39. The molecule has 1 rings (SSSR count). The number of hydrogen-bond donors (Lipinski definition) is 0. The first kappa shape index (κ1) is 7.84. The van der Waals surface area contributed by atoms with Gasteiger partial charge in [-0.1, -0.05) is 31.9 Å². The maximum absolute atomic E-state index is 2.43. The predicted molar refractivity (Wildman–Crippen MR) is 45.9 cm³/mol. The summed E-state index contributed by atoms with van der Waals surface area (Å²) in [5.74, 6) is 1.76. The monoisotopic (exact) mass is 138 g/mol. The van der Waals surface area contributed by atoms with Crippen molar-refractivity contribution in [1.82, 2.24) is 0 Å². The quantitative estimate of drug-likeness (QED) is 0.513. The van der Waals surface area contributed by atoms with E-state index in [4.69, 9.17) is 0 Å². The molecule has 0 aromatic carbocycles. The molecule has 0 heteroatoms. The molecule has 1 aliphatic carbocycles. The smallest absolute Gasteiger partial charge is 0.0201 e. The minimum atomic E-state index is 0.844. The SMILES string of the molecule is CCCC1CC(C)C=C1C. The van der Waals surface area contributed by atoms with Crippen molar-refractivity contribution in [2.24, 2.45) is 11.8 Å². The minimum Gasteiger partial charge on any atom is -0.0825 e. The van der Waals surface area contributed by atoms with Gasteiger partial charge in [0.25, 0.3) is 0 Å². The molecule has 10 heavy (non-hydrogen) atoms. The van der Waals surface area contributed by atoms with Crippen LogP contribution in [0.1, 0.15) is 40.0 Å². The van der Waals surface area contributed by atoms with Crippen LogP contribution in [0.5, 0.6) is 0 Å². The molecule has 0 bridgehead atoms. The first-order valence-electron chi connectivity index (χ1n) is 4.42. The van der Waals surface area contributed by atoms with Crippen LogP contribution in [0.15, 0.2) is 11.6 Å². The van der Waals surface area contributed by atoms with E-state index in [9.17, 15) is 0 Å². The van der Waals surface area contributed by atoms with E-state index in [2.05, 4.69) is 26.8 Å². The molecular formula is C10H18. The van der Waals surface area contributed by atoms with Crippen molar-refractivity contribution in [3.63, 3.8) is 0 Å². The Balaban J connectivity index is 2.43. The zero-order valence-electron chi connectivity index (χ0n) is 7.35. The zero-order valence-corrected chi connectivity index (χ0v) is 7.35. The third-order valence-corrected chi connectivity index (χ3v) is 2.48. The fourth-order valence-electron chi connectivity index (χ4n) is 1.98. The molecule has 0 saturated carbocycles. The van der Waals surface area contributed by atoms with E-state index in [1.54, 1.807) is 5.57 Å². The van der Waals surface area contributed by atoms with Gasteiger partial charge in [-0.15, -0.1) is 0 Å². The van der Waals surface area contributed by atoms with E-state index in [0.29, 0.717) is 0 Å². The van der Waals surface area contributed by atoms with Gasteiger partial charge < -0.3 is 0 Å². The Labute approximate surface area is 64.3 Å². The second kappa shape index (κ2) is 3.23. The fourth-order valence-corrected chi connectivity index (χ4v) is 1.98. The van der Waals surface area contributed by atoms with Gasteiger partial charge in [-0.25, -0.2) is 0 Å². The highest BCUT2D eigenvalue weighted by Crippen LogP contribution is 2.32. The highest BCUT2D eigenvalue weighted by molar-refractivity contribution is 5.11. The normalized spacial score (nSPS) is 32.5. The second-order valence-electron chi connectivity index (χ2n) is 3.61. The van der Waals surface area contributed by atoms with Crippen LogP contribution in [0.4, 0.5) is 0 Å². The lowest BCUT2D eigenvalue weighted by atomic mass is 9.96. The van der Waals surface area contributed by atoms with E-state index >= 15 is 0 Å². The van der Waals surface area contributed by atoms with Crippen molar-refractivity contribution in [1.29, 1.82) is 0 Å². The van der Waals surface area contributed by atoms with Crippen LogP contribution < -0.4 is 0 Å². The lowest BCUT2D eigenvalue weighted by Crippen LogP contribution is -1.97. The Hall–Kier alpha value is -0.260. The van der Waals surface area contributed by atoms with Crippen molar-refractivity contribution in [2.45, 2.75) is 40.0 Å². The van der Waals surface area contributed by atoms with Gasteiger partial charge in [-0.3, -0.25) is 0 Å². The lowest BCUT2D eigenvalue weighted by molar-refractivity contribution is 0.497. The minimum absolute atomic E-state index is 0.844. The van der Waals surface area contributed by atoms with Crippen molar-refractivity contribution in [3.8, 4) is 0 Å². The van der Waals surface area contributed by atoms with Gasteiger partial charge in [-0.2, -0.15) is 0 Å². The van der Waals surface area contributed by atoms with E-state index in [-0.39, 0.29) is 0 Å². The highest BCUT2D eigenvalue weighted by atomic mass is 14.2. The van der Waals surface area contributed by atoms with Crippen LogP contribution in [-0.4, -0.2) is 0 Å². The molecule has 0 aromatic heterocycles. The molecule has 0 fully saturated rings. The largest absolute Gasteiger partial charge is 0.0825 e. The van der Waals surface area contributed by atoms with Gasteiger partial charge in [0, 0.05) is 0 Å². The molecule has 0 spiro atoms. The van der Waals surface area contributed by atoms with Crippen LogP contribution in [0, 0.1) is 11.8 Å². The maximum Gasteiger partial charge on any atom is -0.0201 e. The van der Waals surface area contributed by atoms with Crippen molar-refractivity contribution in [2.75, 3.05) is 0 Å². The molecule has 0 nitrogen and oxygen atoms in total. The van der Waals surface area contributed by atoms with Crippen molar-refractivity contribution in [3.05, 3.63) is 11.6 Å². The third kappa shape index (κ3) is 1.62. The standard InChI is InChI=1S/C10H18/c1-4-5-10-7-8(2)6-9(10)3/h6,8,10H,4-5,7H2,1-3H3. The lowest BCUT2D eigenvalue weighted by Gasteiger charge is -2.09. The Kier molecular flexibility index (Phi) is 2.53. The van der Waals surface area contributed by atoms with Crippen LogP contribution in [0.25, 0.3) is 0 Å². The Bertz CT molecular complexity index is 133. The zero-order chi connectivity index (χ0) is 7.56. The number of rotatable bonds is 2. The van der Waals surface area contributed by atoms with Gasteiger partial charge in [-0.05, 0) is 31.6 Å². The Morgan fingerprint density at radius 3 is 2.70 bits per heavy atom. The third-order valence-electron chi connectivity index (χ3n) is 2.48. The van der Waals surface area contributed by atoms with Crippen molar-refractivity contribution < 1.29 is 0 Å². The molecule has 58 valence electrons. The van der Waals surface area contributed by atoms with Gasteiger partial charge in [0.05, 0.1) is 0 Å². The fraction of sp³-hybridized carbons (Fsp3) is 0.800. The molecular weight excluding hydrogens is 120 g/mol. The Morgan fingerprint density at radius 1 is 1.60 bits per heavy atom. The molecule has 1 aliphatic rings. The average Bonchev–Trinajstić information content (AvgIpc) is 2.13. The maximum atomic E-state index is 2.43. The van der Waals surface area contributed by atoms with Gasteiger partial charge >= 0.3 is 0 Å². The average molecular weight is 138 g/mol. The summed E-state index contributed by atoms with van der Waals surface area (Å²) >= 11 is 0. The summed E-state index contributed by atoms with van der Waals surface area (Å²) in [7, 11) is 0. The van der Waals surface area contributed by atoms with Gasteiger partial charge in [0.15, 0.2) is 0 Å². The second-order valence-corrected chi connectivity index (χ2v) is 3.61. The highest BCUT2D eigenvalue weighted by Gasteiger charge is 2.19. The van der Waals surface area contributed by atoms with Crippen molar-refractivity contribution >= 4 is 0 Å². The van der Waals surface area contributed by atoms with Crippen LogP contribution in [0.3, 0.4) is 0 Å². The molecule has 0 aromatic rings. The van der Waals surface area contributed by atoms with Gasteiger partial charge in [0.1, 0.15) is 0 Å². The van der Waals surface area contributed by atoms with Crippen LogP contribution in [0.2, 0.25) is 0 Å². The first-order valence-corrected chi connectivity index (χ1v) is 4.42. The van der Waals surface area contributed by atoms with Crippen LogP contribution in [-0.2, 0) is 0 Å². The molecule has 0 N–H and O–H groups in total. The summed E-state index contributed by atoms with van der Waals surface area (Å²) in [5.41, 5.74) is 1.63. The topological polar surface area (TPSA) is 0 Å². The van der Waals surface area contributed by atoms with E-state index in [1.807, 2.05) is 0 Å². The van der Waals surface area contributed by atoms with Crippen LogP contribution >= 0.6 is 0 Å². The summed E-state index contributed by atoms with van der Waals surface area (Å²) in [6, 6.07) is 0. The van der Waals surface area contributed by atoms with Gasteiger partial charge in [0.2, 0.25) is 0 Å². The summed E-state index contributed by atoms with van der Waals surface area (Å²) < 4.78 is 0. The van der Waals surface area contributed by atoms with E-state index in [0.717, 1.165) is 11.8 Å². The molecule has 2 unspecified atom stereocenters. The molecule has 0 heterocycles. The van der Waals surface area contributed by atoms with E-state index in [1.165, 1.54) is 19.3 Å². The molecule has 0 amide bonds. The Morgan fingerprint density at radius 2 is 2.30 bits per heavy atom. The molecule has 0 saturated heterocycles. The summed E-state index contributed by atoms with van der Waals surface area (Å²) in [4.78, 5) is 0. The molecule has 0 aliphatic heterocycles. The first-order chi connectivity index (χ1) is 4.74. The summed E-state index contributed by atoms with van der Waals surface area (Å²) in [5, 5.41) is 0. The van der Waals surface area contributed by atoms with E-state index < -0.39 is 0 Å². The number of allylic oxidation sites excluding steroid dienone is 2. The summed E-state index contributed by atoms with van der Waals surface area (Å²) in [6.45, 7) is 6.87. The summed E-state index contributed by atoms with van der Waals surface area (Å²) in [6.07, 6.45) is 6.56. The number of hydrogen-bond acceptors (Lipinski definition) is 0. The molecule has 2 atom stereocenters.